The normalized spacial score (nSPS) is 11.0. The summed E-state index contributed by atoms with van der Waals surface area (Å²) in [6, 6.07) is 14.6. The number of halogens is 1. The number of nitrogens with one attached hydrogen (secondary N) is 1. The largest absolute Gasteiger partial charge is 0.493 e. The molecule has 0 aliphatic rings. The molecule has 0 radical (unpaired) electrons. The summed E-state index contributed by atoms with van der Waals surface area (Å²) in [6.07, 6.45) is 1.62. The molecule has 0 spiro atoms. The molecule has 2 aromatic heterocycles. The highest BCUT2D eigenvalue weighted by molar-refractivity contribution is 6.03. The summed E-state index contributed by atoms with van der Waals surface area (Å²) >= 11 is 0. The van der Waals surface area contributed by atoms with E-state index in [0.29, 0.717) is 45.2 Å². The molecule has 0 aliphatic carbocycles. The number of pyridine rings is 1. The van der Waals surface area contributed by atoms with Crippen LogP contribution in [0.25, 0.3) is 16.6 Å². The quantitative estimate of drug-likeness (QED) is 0.269. The second kappa shape index (κ2) is 11.8. The van der Waals surface area contributed by atoms with Crippen LogP contribution < -0.4 is 30.8 Å². The molecular weight excluding hydrogens is 557 g/mol. The van der Waals surface area contributed by atoms with Gasteiger partial charge in [-0.2, -0.15) is 5.10 Å². The van der Waals surface area contributed by atoms with Crippen molar-refractivity contribution in [2.45, 2.75) is 26.8 Å². The van der Waals surface area contributed by atoms with E-state index in [1.165, 1.54) is 12.1 Å². The second-order valence-corrected chi connectivity index (χ2v) is 9.85. The van der Waals surface area contributed by atoms with E-state index in [4.69, 9.17) is 14.2 Å². The van der Waals surface area contributed by atoms with Crippen molar-refractivity contribution in [3.63, 3.8) is 0 Å². The molecule has 0 aliphatic heterocycles. The predicted molar refractivity (Wildman–Crippen MR) is 158 cm³/mol. The van der Waals surface area contributed by atoms with Gasteiger partial charge in [0.2, 0.25) is 5.69 Å². The maximum absolute atomic E-state index is 13.5. The van der Waals surface area contributed by atoms with Gasteiger partial charge in [0.05, 0.1) is 31.5 Å². The molecule has 1 N–H and O–H groups in total. The van der Waals surface area contributed by atoms with Crippen LogP contribution in [0.2, 0.25) is 0 Å². The minimum Gasteiger partial charge on any atom is -0.493 e. The van der Waals surface area contributed by atoms with Gasteiger partial charge in [0.25, 0.3) is 11.5 Å². The Bertz CT molecular complexity index is 1970. The van der Waals surface area contributed by atoms with Crippen molar-refractivity contribution in [3.05, 3.63) is 105 Å². The van der Waals surface area contributed by atoms with Gasteiger partial charge in [0.15, 0.2) is 11.5 Å². The van der Waals surface area contributed by atoms with E-state index in [1.807, 2.05) is 0 Å². The van der Waals surface area contributed by atoms with Crippen molar-refractivity contribution < 1.29 is 23.4 Å². The molecule has 0 unspecified atom stereocenters. The highest BCUT2D eigenvalue weighted by Gasteiger charge is 2.22. The zero-order valence-corrected chi connectivity index (χ0v) is 24.0. The Balaban J connectivity index is 1.45. The number of ether oxygens (including phenoxy) is 3. The van der Waals surface area contributed by atoms with Crippen LogP contribution >= 0.6 is 0 Å². The van der Waals surface area contributed by atoms with Gasteiger partial charge in [-0.1, -0.05) is 0 Å². The highest BCUT2D eigenvalue weighted by atomic mass is 19.1. The topological polar surface area (TPSA) is 127 Å². The summed E-state index contributed by atoms with van der Waals surface area (Å²) in [4.78, 5) is 44.1. The molecule has 0 saturated heterocycles. The van der Waals surface area contributed by atoms with Crippen molar-refractivity contribution in [1.82, 2.24) is 19.3 Å². The maximum Gasteiger partial charge on any atom is 0.352 e. The van der Waals surface area contributed by atoms with Crippen LogP contribution in [-0.2, 0) is 0 Å². The first-order valence-corrected chi connectivity index (χ1v) is 13.2. The lowest BCUT2D eigenvalue weighted by Gasteiger charge is -2.15. The Kier molecular flexibility index (Phi) is 7.93. The minimum absolute atomic E-state index is 0.111. The van der Waals surface area contributed by atoms with Gasteiger partial charge in [-0.25, -0.2) is 18.4 Å². The molecule has 5 aromatic rings. The molecule has 1 amide bonds. The summed E-state index contributed by atoms with van der Waals surface area (Å²) in [6.45, 7) is 5.15. The van der Waals surface area contributed by atoms with Crippen LogP contribution in [0.1, 0.15) is 35.9 Å². The fourth-order valence-electron chi connectivity index (χ4n) is 4.47. The summed E-state index contributed by atoms with van der Waals surface area (Å²) in [5, 5.41) is 7.47. The Morgan fingerprint density at radius 3 is 2.28 bits per heavy atom. The number of carbonyl (C=O) groups is 1. The van der Waals surface area contributed by atoms with Crippen LogP contribution in [0.3, 0.4) is 0 Å². The smallest absolute Gasteiger partial charge is 0.352 e. The molecule has 0 atom stereocenters. The number of methoxy groups -OCH3 is 2. The number of aryl methyl sites for hydroxylation is 1. The van der Waals surface area contributed by atoms with Gasteiger partial charge in [-0.05, 0) is 80.9 Å². The number of nitrogens with zero attached hydrogens (tertiary/aromatic N) is 4. The number of benzene rings is 3. The lowest BCUT2D eigenvalue weighted by Crippen LogP contribution is -2.45. The van der Waals surface area contributed by atoms with E-state index >= 15 is 0 Å². The van der Waals surface area contributed by atoms with E-state index in [2.05, 4.69) is 15.4 Å². The van der Waals surface area contributed by atoms with Gasteiger partial charge in [-0.3, -0.25) is 14.6 Å². The van der Waals surface area contributed by atoms with Crippen LogP contribution in [0.5, 0.6) is 23.0 Å². The molecule has 43 heavy (non-hydrogen) atoms. The van der Waals surface area contributed by atoms with E-state index in [0.717, 1.165) is 21.4 Å². The molecular formula is C31H28FN5O6. The van der Waals surface area contributed by atoms with Gasteiger partial charge in [0, 0.05) is 23.3 Å². The second-order valence-electron chi connectivity index (χ2n) is 9.85. The monoisotopic (exact) mass is 585 g/mol. The van der Waals surface area contributed by atoms with Crippen LogP contribution in [0.15, 0.2) is 76.4 Å². The SMILES string of the molecule is COc1cc2nccc(Oc3ccc(NC(=O)c4nn(C(C)C)c(=O)n(-c5ccc(F)cc5)c4=O)c(C)c3)c2cc1OC. The molecule has 220 valence electrons. The van der Waals surface area contributed by atoms with Crippen LogP contribution in [0, 0.1) is 12.7 Å². The zero-order chi connectivity index (χ0) is 30.8. The summed E-state index contributed by atoms with van der Waals surface area (Å²) in [5.74, 6) is 0.740. The molecule has 0 saturated carbocycles. The molecule has 0 bridgehead atoms. The first-order chi connectivity index (χ1) is 20.6. The Hall–Kier alpha value is -5.52. The van der Waals surface area contributed by atoms with Crippen molar-refractivity contribution in [3.8, 4) is 28.7 Å². The Morgan fingerprint density at radius 1 is 0.930 bits per heavy atom. The van der Waals surface area contributed by atoms with Crippen molar-refractivity contribution in [1.29, 1.82) is 0 Å². The number of hydrogen-bond donors (Lipinski definition) is 1. The first kappa shape index (κ1) is 29.0. The van der Waals surface area contributed by atoms with E-state index in [-0.39, 0.29) is 5.69 Å². The lowest BCUT2D eigenvalue weighted by molar-refractivity contribution is 0.101. The third-order valence-electron chi connectivity index (χ3n) is 6.67. The van der Waals surface area contributed by atoms with E-state index in [1.54, 1.807) is 77.6 Å². The fourth-order valence-corrected chi connectivity index (χ4v) is 4.47. The number of anilines is 1. The summed E-state index contributed by atoms with van der Waals surface area (Å²) in [5.41, 5.74) is -0.373. The predicted octanol–water partition coefficient (Wildman–Crippen LogP) is 5.03. The molecule has 12 heteroatoms. The number of amides is 1. The Labute approximate surface area is 245 Å². The number of carbonyl (C=O) groups excluding carboxylic acids is 1. The number of rotatable bonds is 8. The summed E-state index contributed by atoms with van der Waals surface area (Å²) in [7, 11) is 3.09. The molecule has 3 aromatic carbocycles. The average molecular weight is 586 g/mol. The number of fused-ring (bicyclic) bond motifs is 1. The van der Waals surface area contributed by atoms with Gasteiger partial charge >= 0.3 is 5.69 Å². The standard InChI is InChI=1S/C31H28FN5O6/c1-17(2)37-31(40)36(20-8-6-19(32)7-9-20)30(39)28(35-37)29(38)34-23-11-10-21(14-18(23)3)43-25-12-13-33-24-16-27(42-5)26(41-4)15-22(24)25/h6-17H,1-5H3,(H,34,38). The molecule has 11 nitrogen and oxygen atoms in total. The highest BCUT2D eigenvalue weighted by Crippen LogP contribution is 2.37. The van der Waals surface area contributed by atoms with E-state index in [9.17, 15) is 18.8 Å². The number of hydrogen-bond acceptors (Lipinski definition) is 8. The third-order valence-corrected chi connectivity index (χ3v) is 6.67. The lowest BCUT2D eigenvalue weighted by atomic mass is 10.1. The molecule has 5 rings (SSSR count). The van der Waals surface area contributed by atoms with Crippen molar-refractivity contribution >= 4 is 22.5 Å². The summed E-state index contributed by atoms with van der Waals surface area (Å²) < 4.78 is 32.3. The minimum atomic E-state index is -0.930. The van der Waals surface area contributed by atoms with Crippen molar-refractivity contribution in [2.24, 2.45) is 0 Å². The molecule has 0 fully saturated rings. The van der Waals surface area contributed by atoms with Gasteiger partial charge in [-0.15, -0.1) is 0 Å². The van der Waals surface area contributed by atoms with Gasteiger partial charge < -0.3 is 19.5 Å². The average Bonchev–Trinajstić information content (AvgIpc) is 2.98. The van der Waals surface area contributed by atoms with E-state index < -0.39 is 34.7 Å². The number of aromatic nitrogens is 4. The fraction of sp³-hybridized carbons (Fsp3) is 0.194. The van der Waals surface area contributed by atoms with Crippen molar-refractivity contribution in [2.75, 3.05) is 19.5 Å². The zero-order valence-electron chi connectivity index (χ0n) is 24.0. The molecule has 2 heterocycles. The van der Waals surface area contributed by atoms with Gasteiger partial charge in [0.1, 0.15) is 17.3 Å². The maximum atomic E-state index is 13.5. The Morgan fingerprint density at radius 2 is 1.63 bits per heavy atom. The third kappa shape index (κ3) is 5.67. The first-order valence-electron chi connectivity index (χ1n) is 13.2. The van der Waals surface area contributed by atoms with Crippen LogP contribution in [-0.4, -0.2) is 39.5 Å². The van der Waals surface area contributed by atoms with Crippen LogP contribution in [0.4, 0.5) is 10.1 Å².